The van der Waals surface area contributed by atoms with E-state index in [2.05, 4.69) is 0 Å². The van der Waals surface area contributed by atoms with E-state index in [1.807, 2.05) is 13.8 Å². The number of benzene rings is 1. The second-order valence-corrected chi connectivity index (χ2v) is 4.63. The molecule has 0 heterocycles. The van der Waals surface area contributed by atoms with Gasteiger partial charge in [0.15, 0.2) is 0 Å². The Morgan fingerprint density at radius 1 is 1.44 bits per heavy atom. The molecule has 0 aliphatic rings. The lowest BCUT2D eigenvalue weighted by molar-refractivity contribution is -0.132. The molecule has 4 heteroatoms. The Morgan fingerprint density at radius 3 is 2.72 bits per heavy atom. The molecule has 3 nitrogen and oxygen atoms in total. The molecule has 1 aromatic carbocycles. The summed E-state index contributed by atoms with van der Waals surface area (Å²) in [6.45, 7) is 5.17. The first-order valence-corrected chi connectivity index (χ1v) is 6.28. The summed E-state index contributed by atoms with van der Waals surface area (Å²) < 4.78 is 13.0. The monoisotopic (exact) mass is 252 g/mol. The second-order valence-electron chi connectivity index (χ2n) is 4.63. The van der Waals surface area contributed by atoms with E-state index in [1.165, 1.54) is 12.1 Å². The average molecular weight is 252 g/mol. The van der Waals surface area contributed by atoms with E-state index in [0.717, 1.165) is 6.42 Å². The summed E-state index contributed by atoms with van der Waals surface area (Å²) in [5, 5.41) is 0. The van der Waals surface area contributed by atoms with Gasteiger partial charge in [-0.15, -0.1) is 0 Å². The van der Waals surface area contributed by atoms with E-state index in [0.29, 0.717) is 18.7 Å². The van der Waals surface area contributed by atoms with Crippen LogP contribution < -0.4 is 5.73 Å². The van der Waals surface area contributed by atoms with Crippen molar-refractivity contribution in [2.45, 2.75) is 32.7 Å². The van der Waals surface area contributed by atoms with Crippen LogP contribution in [0.5, 0.6) is 0 Å². The SMILES string of the molecule is CC(C)N(CCCN)C(=O)Cc1cccc(F)c1. The fraction of sp³-hybridized carbons (Fsp3) is 0.500. The van der Waals surface area contributed by atoms with Crippen LogP contribution in [0, 0.1) is 5.82 Å². The molecule has 0 atom stereocenters. The molecule has 0 fully saturated rings. The first-order valence-electron chi connectivity index (χ1n) is 6.28. The summed E-state index contributed by atoms with van der Waals surface area (Å²) >= 11 is 0. The third-order valence-electron chi connectivity index (χ3n) is 2.79. The minimum absolute atomic E-state index is 0.0176. The highest BCUT2D eigenvalue weighted by Crippen LogP contribution is 2.08. The Hall–Kier alpha value is -1.42. The minimum atomic E-state index is -0.307. The number of rotatable bonds is 6. The molecule has 1 aromatic rings. The molecule has 2 N–H and O–H groups in total. The van der Waals surface area contributed by atoms with Crippen molar-refractivity contribution in [1.29, 1.82) is 0 Å². The van der Waals surface area contributed by atoms with Crippen LogP contribution in [-0.4, -0.2) is 29.9 Å². The van der Waals surface area contributed by atoms with Gasteiger partial charge in [0.05, 0.1) is 6.42 Å². The molecule has 0 radical (unpaired) electrons. The Morgan fingerprint density at radius 2 is 2.17 bits per heavy atom. The normalized spacial score (nSPS) is 10.7. The van der Waals surface area contributed by atoms with Gasteiger partial charge in [-0.1, -0.05) is 12.1 Å². The standard InChI is InChI=1S/C14H21FN2O/c1-11(2)17(8-4-7-16)14(18)10-12-5-3-6-13(15)9-12/h3,5-6,9,11H,4,7-8,10,16H2,1-2H3. The highest BCUT2D eigenvalue weighted by molar-refractivity contribution is 5.79. The summed E-state index contributed by atoms with van der Waals surface area (Å²) in [7, 11) is 0. The van der Waals surface area contributed by atoms with Gasteiger partial charge in [0.1, 0.15) is 5.82 Å². The molecule has 0 aliphatic carbocycles. The predicted octanol–water partition coefficient (Wildman–Crippen LogP) is 1.95. The summed E-state index contributed by atoms with van der Waals surface area (Å²) in [4.78, 5) is 13.9. The lowest BCUT2D eigenvalue weighted by Crippen LogP contribution is -2.39. The maximum absolute atomic E-state index is 13.0. The quantitative estimate of drug-likeness (QED) is 0.841. The lowest BCUT2D eigenvalue weighted by atomic mass is 10.1. The van der Waals surface area contributed by atoms with Crippen LogP contribution in [0.1, 0.15) is 25.8 Å². The Balaban J connectivity index is 2.66. The smallest absolute Gasteiger partial charge is 0.227 e. The summed E-state index contributed by atoms with van der Waals surface area (Å²) in [6, 6.07) is 6.31. The molecule has 0 bridgehead atoms. The maximum Gasteiger partial charge on any atom is 0.227 e. The van der Waals surface area contributed by atoms with Crippen LogP contribution in [-0.2, 0) is 11.2 Å². The van der Waals surface area contributed by atoms with E-state index >= 15 is 0 Å². The fourth-order valence-electron chi connectivity index (χ4n) is 1.86. The Kier molecular flexibility index (Phi) is 5.78. The second kappa shape index (κ2) is 7.11. The predicted molar refractivity (Wildman–Crippen MR) is 70.6 cm³/mol. The molecule has 0 saturated heterocycles. The van der Waals surface area contributed by atoms with Gasteiger partial charge in [-0.25, -0.2) is 4.39 Å². The molecule has 0 unspecified atom stereocenters. The van der Waals surface area contributed by atoms with Crippen LogP contribution >= 0.6 is 0 Å². The van der Waals surface area contributed by atoms with Crippen molar-refractivity contribution in [2.24, 2.45) is 5.73 Å². The van der Waals surface area contributed by atoms with E-state index in [9.17, 15) is 9.18 Å². The highest BCUT2D eigenvalue weighted by atomic mass is 19.1. The molecule has 0 aliphatic heterocycles. The number of carbonyl (C=O) groups is 1. The van der Waals surface area contributed by atoms with E-state index in [4.69, 9.17) is 5.73 Å². The summed E-state index contributed by atoms with van der Waals surface area (Å²) in [5.41, 5.74) is 6.17. The van der Waals surface area contributed by atoms with E-state index in [1.54, 1.807) is 17.0 Å². The molecule has 100 valence electrons. The van der Waals surface area contributed by atoms with Crippen LogP contribution in [0.2, 0.25) is 0 Å². The molecule has 0 spiro atoms. The third-order valence-corrected chi connectivity index (χ3v) is 2.79. The number of hydrogen-bond donors (Lipinski definition) is 1. The lowest BCUT2D eigenvalue weighted by Gasteiger charge is -2.26. The number of hydrogen-bond acceptors (Lipinski definition) is 2. The van der Waals surface area contributed by atoms with Gasteiger partial charge < -0.3 is 10.6 Å². The van der Waals surface area contributed by atoms with Gasteiger partial charge in [-0.2, -0.15) is 0 Å². The fourth-order valence-corrected chi connectivity index (χ4v) is 1.86. The summed E-state index contributed by atoms with van der Waals surface area (Å²) in [6.07, 6.45) is 1.02. The summed E-state index contributed by atoms with van der Waals surface area (Å²) in [5.74, 6) is -0.289. The van der Waals surface area contributed by atoms with E-state index < -0.39 is 0 Å². The molecule has 1 rings (SSSR count). The molecule has 0 aromatic heterocycles. The third kappa shape index (κ3) is 4.45. The van der Waals surface area contributed by atoms with Crippen LogP contribution in [0.3, 0.4) is 0 Å². The van der Waals surface area contributed by atoms with Crippen molar-refractivity contribution in [3.05, 3.63) is 35.6 Å². The van der Waals surface area contributed by atoms with Crippen molar-refractivity contribution >= 4 is 5.91 Å². The van der Waals surface area contributed by atoms with Gasteiger partial charge >= 0.3 is 0 Å². The number of halogens is 1. The zero-order valence-corrected chi connectivity index (χ0v) is 11.0. The van der Waals surface area contributed by atoms with Crippen LogP contribution in [0.4, 0.5) is 4.39 Å². The minimum Gasteiger partial charge on any atom is -0.340 e. The van der Waals surface area contributed by atoms with Gasteiger partial charge in [0, 0.05) is 12.6 Å². The average Bonchev–Trinajstić information content (AvgIpc) is 2.29. The highest BCUT2D eigenvalue weighted by Gasteiger charge is 2.16. The van der Waals surface area contributed by atoms with Crippen molar-refractivity contribution in [3.63, 3.8) is 0 Å². The maximum atomic E-state index is 13.0. The van der Waals surface area contributed by atoms with Gasteiger partial charge in [-0.3, -0.25) is 4.79 Å². The van der Waals surface area contributed by atoms with Crippen molar-refractivity contribution in [3.8, 4) is 0 Å². The molecule has 1 amide bonds. The molecule has 18 heavy (non-hydrogen) atoms. The van der Waals surface area contributed by atoms with E-state index in [-0.39, 0.29) is 24.2 Å². The number of amides is 1. The number of carbonyl (C=O) groups excluding carboxylic acids is 1. The first kappa shape index (κ1) is 14.6. The zero-order valence-electron chi connectivity index (χ0n) is 11.0. The first-order chi connectivity index (χ1) is 8.54. The van der Waals surface area contributed by atoms with Gasteiger partial charge in [0.2, 0.25) is 5.91 Å². The Bertz CT molecular complexity index is 393. The number of nitrogens with zero attached hydrogens (tertiary/aromatic N) is 1. The Labute approximate surface area is 108 Å². The molecular weight excluding hydrogens is 231 g/mol. The van der Waals surface area contributed by atoms with Crippen LogP contribution in [0.25, 0.3) is 0 Å². The van der Waals surface area contributed by atoms with Gasteiger partial charge in [0.25, 0.3) is 0 Å². The van der Waals surface area contributed by atoms with Crippen molar-refractivity contribution < 1.29 is 9.18 Å². The zero-order chi connectivity index (χ0) is 13.5. The van der Waals surface area contributed by atoms with Crippen LogP contribution in [0.15, 0.2) is 24.3 Å². The molecule has 0 saturated carbocycles. The van der Waals surface area contributed by atoms with Crippen molar-refractivity contribution in [2.75, 3.05) is 13.1 Å². The topological polar surface area (TPSA) is 46.3 Å². The van der Waals surface area contributed by atoms with Gasteiger partial charge in [-0.05, 0) is 44.5 Å². The van der Waals surface area contributed by atoms with Crippen molar-refractivity contribution in [1.82, 2.24) is 4.90 Å². The number of nitrogens with two attached hydrogens (primary N) is 1. The molecular formula is C14H21FN2O. The largest absolute Gasteiger partial charge is 0.340 e.